The molecule has 9 heteroatoms. The first-order chi connectivity index (χ1) is 11.9. The fourth-order valence-electron chi connectivity index (χ4n) is 2.51. The predicted molar refractivity (Wildman–Crippen MR) is 91.2 cm³/mol. The third kappa shape index (κ3) is 6.09. The first-order valence-corrected chi connectivity index (χ1v) is 8.40. The Bertz CT molecular complexity index is 566. The maximum absolute atomic E-state index is 11.1. The van der Waals surface area contributed by atoms with Crippen LogP contribution in [-0.2, 0) is 0 Å². The number of phenolic OH excluding ortho intramolecular Hbond substituents is 2. The summed E-state index contributed by atoms with van der Waals surface area (Å²) in [5, 5.41) is 41.3. The van der Waals surface area contributed by atoms with Gasteiger partial charge in [-0.15, -0.1) is 0 Å². The molecule has 0 heterocycles. The van der Waals surface area contributed by atoms with Crippen LogP contribution in [-0.4, -0.2) is 26.7 Å². The van der Waals surface area contributed by atoms with E-state index in [1.54, 1.807) is 0 Å². The van der Waals surface area contributed by atoms with Gasteiger partial charge in [-0.2, -0.15) is 0 Å². The molecule has 0 spiro atoms. The average molecular weight is 356 g/mol. The van der Waals surface area contributed by atoms with Crippen molar-refractivity contribution in [3.63, 3.8) is 0 Å². The molecule has 25 heavy (non-hydrogen) atoms. The molecule has 0 saturated carbocycles. The van der Waals surface area contributed by atoms with E-state index in [0.717, 1.165) is 25.7 Å². The lowest BCUT2D eigenvalue weighted by Crippen LogP contribution is -2.04. The molecule has 0 fully saturated rings. The summed E-state index contributed by atoms with van der Waals surface area (Å²) in [6.07, 6.45) is 8.24. The van der Waals surface area contributed by atoms with Crippen LogP contribution in [0.2, 0.25) is 0 Å². The number of benzene rings is 1. The number of aromatic hydroxyl groups is 2. The van der Waals surface area contributed by atoms with Crippen molar-refractivity contribution < 1.29 is 24.8 Å². The van der Waals surface area contributed by atoms with E-state index in [1.807, 2.05) is 0 Å². The second-order valence-electron chi connectivity index (χ2n) is 5.78. The van der Waals surface area contributed by atoms with E-state index in [1.165, 1.54) is 19.3 Å². The highest BCUT2D eigenvalue weighted by atomic mass is 16.6. The third-order valence-corrected chi connectivity index (χ3v) is 3.80. The zero-order chi connectivity index (χ0) is 18.8. The third-order valence-electron chi connectivity index (χ3n) is 3.80. The molecule has 0 aromatic heterocycles. The van der Waals surface area contributed by atoms with Crippen molar-refractivity contribution in [1.82, 2.24) is 0 Å². The number of phenols is 2. The number of hydrogen-bond acceptors (Lipinski definition) is 7. The van der Waals surface area contributed by atoms with Gasteiger partial charge < -0.3 is 14.9 Å². The number of nitro benzene ring substituents is 2. The Labute approximate surface area is 145 Å². The second-order valence-corrected chi connectivity index (χ2v) is 5.78. The van der Waals surface area contributed by atoms with Crippen LogP contribution in [0, 0.1) is 20.2 Å². The molecule has 0 aliphatic carbocycles. The molecular formula is C16H24N2O7. The summed E-state index contributed by atoms with van der Waals surface area (Å²) < 4.78 is 5.19. The van der Waals surface area contributed by atoms with E-state index in [2.05, 4.69) is 6.92 Å². The number of hydrogen-bond donors (Lipinski definition) is 2. The van der Waals surface area contributed by atoms with Crippen molar-refractivity contribution in [3.8, 4) is 17.2 Å². The molecule has 0 atom stereocenters. The van der Waals surface area contributed by atoms with Crippen molar-refractivity contribution in [1.29, 1.82) is 0 Å². The summed E-state index contributed by atoms with van der Waals surface area (Å²) in [4.78, 5) is 20.2. The molecule has 1 aromatic carbocycles. The molecule has 0 unspecified atom stereocenters. The largest absolute Gasteiger partial charge is 0.502 e. The number of rotatable bonds is 12. The van der Waals surface area contributed by atoms with E-state index >= 15 is 0 Å². The van der Waals surface area contributed by atoms with Crippen LogP contribution in [0.1, 0.15) is 58.3 Å². The Morgan fingerprint density at radius 2 is 1.32 bits per heavy atom. The molecule has 0 radical (unpaired) electrons. The van der Waals surface area contributed by atoms with E-state index in [9.17, 15) is 30.4 Å². The zero-order valence-electron chi connectivity index (χ0n) is 14.3. The highest BCUT2D eigenvalue weighted by Gasteiger charge is 2.35. The van der Waals surface area contributed by atoms with E-state index in [4.69, 9.17) is 4.74 Å². The number of ether oxygens (including phenoxy) is 1. The quantitative estimate of drug-likeness (QED) is 0.321. The van der Waals surface area contributed by atoms with Gasteiger partial charge in [-0.05, 0) is 6.42 Å². The molecule has 0 saturated heterocycles. The molecule has 2 N–H and O–H groups in total. The summed E-state index contributed by atoms with van der Waals surface area (Å²) in [5.74, 6) is -2.46. The van der Waals surface area contributed by atoms with Crippen molar-refractivity contribution in [2.75, 3.05) is 6.61 Å². The van der Waals surface area contributed by atoms with Crippen LogP contribution in [0.15, 0.2) is 6.07 Å². The first kappa shape index (κ1) is 20.5. The van der Waals surface area contributed by atoms with Crippen LogP contribution in [0.3, 0.4) is 0 Å². The van der Waals surface area contributed by atoms with Gasteiger partial charge in [0.25, 0.3) is 5.75 Å². The fourth-order valence-corrected chi connectivity index (χ4v) is 2.51. The predicted octanol–water partition coefficient (Wildman–Crippen LogP) is 4.43. The van der Waals surface area contributed by atoms with Crippen LogP contribution in [0.25, 0.3) is 0 Å². The number of nitro groups is 2. The topological polar surface area (TPSA) is 136 Å². The van der Waals surface area contributed by atoms with Crippen LogP contribution in [0.5, 0.6) is 17.2 Å². The van der Waals surface area contributed by atoms with Crippen LogP contribution >= 0.6 is 0 Å². The van der Waals surface area contributed by atoms with Crippen molar-refractivity contribution in [2.24, 2.45) is 0 Å². The van der Waals surface area contributed by atoms with E-state index in [-0.39, 0.29) is 6.61 Å². The summed E-state index contributed by atoms with van der Waals surface area (Å²) in [7, 11) is 0. The van der Waals surface area contributed by atoms with Gasteiger partial charge in [0, 0.05) is 6.07 Å². The normalized spacial score (nSPS) is 10.6. The van der Waals surface area contributed by atoms with Gasteiger partial charge in [0.05, 0.1) is 16.5 Å². The highest BCUT2D eigenvalue weighted by Crippen LogP contribution is 2.48. The lowest BCUT2D eigenvalue weighted by molar-refractivity contribution is -0.397. The Kier molecular flexibility index (Phi) is 8.45. The summed E-state index contributed by atoms with van der Waals surface area (Å²) in [6.45, 7) is 2.18. The average Bonchev–Trinajstić information content (AvgIpc) is 2.51. The standard InChI is InChI=1S/C16H24N2O7/c1-2-3-4-5-6-7-8-9-10-25-16-14(17(21)22)12(19)11-13(20)15(16)18(23)24/h11,19-20H,2-10H2,1H3. The minimum absolute atomic E-state index is 0.0273. The smallest absolute Gasteiger partial charge is 0.359 e. The van der Waals surface area contributed by atoms with Gasteiger partial charge in [-0.3, -0.25) is 20.2 Å². The van der Waals surface area contributed by atoms with E-state index in [0.29, 0.717) is 12.5 Å². The van der Waals surface area contributed by atoms with Gasteiger partial charge in [0.15, 0.2) is 0 Å². The van der Waals surface area contributed by atoms with Crippen LogP contribution < -0.4 is 4.74 Å². The molecule has 0 amide bonds. The van der Waals surface area contributed by atoms with Crippen molar-refractivity contribution in [3.05, 3.63) is 26.3 Å². The van der Waals surface area contributed by atoms with Gasteiger partial charge in [0.1, 0.15) is 0 Å². The maximum atomic E-state index is 11.1. The minimum Gasteiger partial charge on any atom is -0.502 e. The molecular weight excluding hydrogens is 332 g/mol. The monoisotopic (exact) mass is 356 g/mol. The Hall–Kier alpha value is -2.58. The molecule has 1 rings (SSSR count). The first-order valence-electron chi connectivity index (χ1n) is 8.40. The molecule has 0 aliphatic heterocycles. The maximum Gasteiger partial charge on any atom is 0.359 e. The minimum atomic E-state index is -0.967. The molecule has 0 bridgehead atoms. The number of nitrogens with zero attached hydrogens (tertiary/aromatic N) is 2. The van der Waals surface area contributed by atoms with Crippen molar-refractivity contribution >= 4 is 11.4 Å². The Balaban J connectivity index is 2.65. The number of unbranched alkanes of at least 4 members (excludes halogenated alkanes) is 7. The summed E-state index contributed by atoms with van der Waals surface area (Å²) in [5.41, 5.74) is -1.83. The summed E-state index contributed by atoms with van der Waals surface area (Å²) >= 11 is 0. The lowest BCUT2D eigenvalue weighted by atomic mass is 10.1. The van der Waals surface area contributed by atoms with Gasteiger partial charge in [-0.25, -0.2) is 0 Å². The molecule has 1 aromatic rings. The molecule has 140 valence electrons. The lowest BCUT2D eigenvalue weighted by Gasteiger charge is -2.09. The van der Waals surface area contributed by atoms with Crippen molar-refractivity contribution in [2.45, 2.75) is 58.3 Å². The van der Waals surface area contributed by atoms with Gasteiger partial charge >= 0.3 is 11.4 Å². The van der Waals surface area contributed by atoms with Gasteiger partial charge in [-0.1, -0.05) is 51.9 Å². The van der Waals surface area contributed by atoms with E-state index < -0.39 is 38.5 Å². The summed E-state index contributed by atoms with van der Waals surface area (Å²) in [6, 6.07) is 0.569. The SMILES string of the molecule is CCCCCCCCCCOc1c([N+](=O)[O-])c(O)cc(O)c1[N+](=O)[O-]. The fraction of sp³-hybridized carbons (Fsp3) is 0.625. The molecule has 0 aliphatic rings. The van der Waals surface area contributed by atoms with Gasteiger partial charge in [0.2, 0.25) is 11.5 Å². The zero-order valence-corrected chi connectivity index (χ0v) is 14.3. The Morgan fingerprint density at radius 1 is 0.880 bits per heavy atom. The van der Waals surface area contributed by atoms with Crippen LogP contribution in [0.4, 0.5) is 11.4 Å². The molecule has 9 nitrogen and oxygen atoms in total. The highest BCUT2D eigenvalue weighted by molar-refractivity contribution is 5.72. The Morgan fingerprint density at radius 3 is 1.76 bits per heavy atom. The second kappa shape index (κ2) is 10.3.